The molecule has 1 fully saturated rings. The molecule has 3 rings (SSSR count). The van der Waals surface area contributed by atoms with E-state index in [2.05, 4.69) is 46.7 Å². The van der Waals surface area contributed by atoms with Crippen LogP contribution in [0.4, 0.5) is 20.2 Å². The van der Waals surface area contributed by atoms with Crippen LogP contribution >= 0.6 is 12.2 Å². The van der Waals surface area contributed by atoms with Crippen molar-refractivity contribution < 1.29 is 8.78 Å². The summed E-state index contributed by atoms with van der Waals surface area (Å²) in [7, 11) is 0. The van der Waals surface area contributed by atoms with Crippen LogP contribution in [0.3, 0.4) is 0 Å². The molecular formula is C21H25F2N3S. The van der Waals surface area contributed by atoms with Gasteiger partial charge in [-0.25, -0.2) is 8.78 Å². The van der Waals surface area contributed by atoms with Crippen molar-refractivity contribution in [1.82, 2.24) is 5.32 Å². The standard InChI is InChI=1S/C21H25F2N3S/c1-14-5-4-12-26(13-14)17-10-8-16(9-11-17)15(2)24-21(27)25-20-18(22)6-3-7-19(20)23/h3,6-11,14-15H,4-5,12-13H2,1-2H3,(H2,24,25,27)/t14-,15-/m0/s1. The molecule has 2 aromatic carbocycles. The van der Waals surface area contributed by atoms with Gasteiger partial charge in [-0.1, -0.05) is 25.1 Å². The van der Waals surface area contributed by atoms with Crippen LogP contribution in [-0.4, -0.2) is 18.2 Å². The second kappa shape index (κ2) is 8.65. The van der Waals surface area contributed by atoms with E-state index in [1.807, 2.05) is 6.92 Å². The van der Waals surface area contributed by atoms with E-state index >= 15 is 0 Å². The normalized spacial score (nSPS) is 18.1. The third-order valence-electron chi connectivity index (χ3n) is 4.96. The molecule has 2 N–H and O–H groups in total. The van der Waals surface area contributed by atoms with Gasteiger partial charge in [-0.3, -0.25) is 0 Å². The highest BCUT2D eigenvalue weighted by atomic mass is 32.1. The summed E-state index contributed by atoms with van der Waals surface area (Å²) in [5, 5.41) is 5.87. The van der Waals surface area contributed by atoms with Crippen molar-refractivity contribution >= 4 is 28.7 Å². The monoisotopic (exact) mass is 389 g/mol. The lowest BCUT2D eigenvalue weighted by atomic mass is 9.99. The number of thiocarbonyl (C=S) groups is 1. The van der Waals surface area contributed by atoms with Gasteiger partial charge in [0.2, 0.25) is 0 Å². The smallest absolute Gasteiger partial charge is 0.171 e. The highest BCUT2D eigenvalue weighted by molar-refractivity contribution is 7.80. The summed E-state index contributed by atoms with van der Waals surface area (Å²) >= 11 is 5.21. The number of hydrogen-bond acceptors (Lipinski definition) is 2. The lowest BCUT2D eigenvalue weighted by Crippen LogP contribution is -2.34. The van der Waals surface area contributed by atoms with E-state index in [1.165, 1.54) is 36.7 Å². The molecule has 3 nitrogen and oxygen atoms in total. The average Bonchev–Trinajstić information content (AvgIpc) is 2.65. The first-order chi connectivity index (χ1) is 12.9. The Labute approximate surface area is 164 Å². The predicted octanol–water partition coefficient (Wildman–Crippen LogP) is 5.25. The minimum Gasteiger partial charge on any atom is -0.371 e. The lowest BCUT2D eigenvalue weighted by molar-refractivity contribution is 0.447. The van der Waals surface area contributed by atoms with Gasteiger partial charge in [-0.2, -0.15) is 0 Å². The van der Waals surface area contributed by atoms with Crippen LogP contribution in [0.2, 0.25) is 0 Å². The Bertz CT molecular complexity index is 774. The molecule has 1 saturated heterocycles. The van der Waals surface area contributed by atoms with Crippen LogP contribution < -0.4 is 15.5 Å². The maximum absolute atomic E-state index is 13.7. The number of nitrogens with one attached hydrogen (secondary N) is 2. The van der Waals surface area contributed by atoms with Crippen LogP contribution in [0.5, 0.6) is 0 Å². The number of anilines is 2. The molecule has 1 aliphatic heterocycles. The Morgan fingerprint density at radius 3 is 2.44 bits per heavy atom. The van der Waals surface area contributed by atoms with E-state index in [9.17, 15) is 8.78 Å². The van der Waals surface area contributed by atoms with Crippen molar-refractivity contribution in [3.8, 4) is 0 Å². The number of benzene rings is 2. The molecule has 0 saturated carbocycles. The summed E-state index contributed by atoms with van der Waals surface area (Å²) in [6.45, 7) is 6.44. The summed E-state index contributed by atoms with van der Waals surface area (Å²) in [6.07, 6.45) is 2.52. The number of nitrogens with zero attached hydrogens (tertiary/aromatic N) is 1. The highest BCUT2D eigenvalue weighted by Gasteiger charge is 2.17. The van der Waals surface area contributed by atoms with Crippen molar-refractivity contribution in [3.63, 3.8) is 0 Å². The van der Waals surface area contributed by atoms with Gasteiger partial charge in [0.05, 0.1) is 6.04 Å². The molecule has 6 heteroatoms. The number of hydrogen-bond donors (Lipinski definition) is 2. The molecule has 0 aromatic heterocycles. The van der Waals surface area contributed by atoms with Gasteiger partial charge in [0, 0.05) is 18.8 Å². The Hall–Kier alpha value is -2.21. The topological polar surface area (TPSA) is 27.3 Å². The van der Waals surface area contributed by atoms with Gasteiger partial charge in [0.1, 0.15) is 17.3 Å². The third-order valence-corrected chi connectivity index (χ3v) is 5.18. The van der Waals surface area contributed by atoms with E-state index in [4.69, 9.17) is 12.2 Å². The number of halogens is 2. The minimum absolute atomic E-state index is 0.0887. The second-order valence-electron chi connectivity index (χ2n) is 7.20. The fourth-order valence-corrected chi connectivity index (χ4v) is 3.72. The Balaban J connectivity index is 1.60. The minimum atomic E-state index is -0.674. The molecule has 0 unspecified atom stereocenters. The molecule has 2 atom stereocenters. The second-order valence-corrected chi connectivity index (χ2v) is 7.61. The third kappa shape index (κ3) is 4.95. The van der Waals surface area contributed by atoms with E-state index in [-0.39, 0.29) is 16.8 Å². The number of piperidine rings is 1. The van der Waals surface area contributed by atoms with Crippen molar-refractivity contribution in [2.45, 2.75) is 32.7 Å². The maximum atomic E-state index is 13.7. The van der Waals surface area contributed by atoms with Crippen molar-refractivity contribution in [3.05, 3.63) is 59.7 Å². The van der Waals surface area contributed by atoms with Crippen LogP contribution in [0.15, 0.2) is 42.5 Å². The van der Waals surface area contributed by atoms with E-state index in [1.54, 1.807) is 0 Å². The zero-order chi connectivity index (χ0) is 19.4. The summed E-state index contributed by atoms with van der Waals surface area (Å²) < 4.78 is 27.5. The quantitative estimate of drug-likeness (QED) is 0.699. The predicted molar refractivity (Wildman–Crippen MR) is 111 cm³/mol. The Morgan fingerprint density at radius 2 is 1.81 bits per heavy atom. The summed E-state index contributed by atoms with van der Waals surface area (Å²) in [4.78, 5) is 2.42. The zero-order valence-electron chi connectivity index (χ0n) is 15.6. The maximum Gasteiger partial charge on any atom is 0.171 e. The van der Waals surface area contributed by atoms with E-state index < -0.39 is 11.6 Å². The largest absolute Gasteiger partial charge is 0.371 e. The number of rotatable bonds is 4. The van der Waals surface area contributed by atoms with Gasteiger partial charge in [-0.05, 0) is 67.7 Å². The van der Waals surface area contributed by atoms with Crippen molar-refractivity contribution in [2.24, 2.45) is 5.92 Å². The van der Waals surface area contributed by atoms with Gasteiger partial charge in [0.15, 0.2) is 5.11 Å². The highest BCUT2D eigenvalue weighted by Crippen LogP contribution is 2.25. The van der Waals surface area contributed by atoms with Crippen molar-refractivity contribution in [2.75, 3.05) is 23.3 Å². The molecule has 1 aliphatic rings. The van der Waals surface area contributed by atoms with Gasteiger partial charge in [0.25, 0.3) is 0 Å². The molecule has 0 radical (unpaired) electrons. The molecule has 0 amide bonds. The molecule has 0 spiro atoms. The van der Waals surface area contributed by atoms with Crippen LogP contribution in [0.25, 0.3) is 0 Å². The molecule has 27 heavy (non-hydrogen) atoms. The first-order valence-corrected chi connectivity index (χ1v) is 9.71. The molecule has 144 valence electrons. The molecule has 1 heterocycles. The summed E-state index contributed by atoms with van der Waals surface area (Å²) in [5.41, 5.74) is 2.05. The van der Waals surface area contributed by atoms with Crippen molar-refractivity contribution in [1.29, 1.82) is 0 Å². The van der Waals surface area contributed by atoms with Gasteiger partial charge in [-0.15, -0.1) is 0 Å². The van der Waals surface area contributed by atoms with Crippen LogP contribution in [-0.2, 0) is 0 Å². The molecule has 0 aliphatic carbocycles. The van der Waals surface area contributed by atoms with Crippen LogP contribution in [0.1, 0.15) is 38.3 Å². The fourth-order valence-electron chi connectivity index (χ4n) is 3.44. The number of para-hydroxylation sites is 1. The van der Waals surface area contributed by atoms with E-state index in [0.29, 0.717) is 0 Å². The van der Waals surface area contributed by atoms with E-state index in [0.717, 1.165) is 24.6 Å². The SMILES string of the molecule is C[C@H]1CCCN(c2ccc([C@H](C)NC(=S)Nc3c(F)cccc3F)cc2)C1. The van der Waals surface area contributed by atoms with Crippen LogP contribution in [0, 0.1) is 17.6 Å². The molecular weight excluding hydrogens is 364 g/mol. The molecule has 2 aromatic rings. The first-order valence-electron chi connectivity index (χ1n) is 9.30. The Kier molecular flexibility index (Phi) is 6.26. The summed E-state index contributed by atoms with van der Waals surface area (Å²) in [6, 6.07) is 12.0. The fraction of sp³-hybridized carbons (Fsp3) is 0.381. The van der Waals surface area contributed by atoms with Gasteiger partial charge >= 0.3 is 0 Å². The molecule has 0 bridgehead atoms. The zero-order valence-corrected chi connectivity index (χ0v) is 16.5. The Morgan fingerprint density at radius 1 is 1.15 bits per heavy atom. The van der Waals surface area contributed by atoms with Gasteiger partial charge < -0.3 is 15.5 Å². The average molecular weight is 390 g/mol. The summed E-state index contributed by atoms with van der Waals surface area (Å²) in [5.74, 6) is -0.625. The lowest BCUT2D eigenvalue weighted by Gasteiger charge is -2.33. The first kappa shape index (κ1) is 19.5.